The van der Waals surface area contributed by atoms with Crippen molar-refractivity contribution in [3.63, 3.8) is 0 Å². The van der Waals surface area contributed by atoms with Gasteiger partial charge in [-0.05, 0) is 6.42 Å². The van der Waals surface area contributed by atoms with Crippen LogP contribution in [0.15, 0.2) is 5.16 Å². The molecule has 0 aliphatic carbocycles. The molecule has 10 nitrogen and oxygen atoms in total. The van der Waals surface area contributed by atoms with E-state index in [1.54, 1.807) is 4.72 Å². The van der Waals surface area contributed by atoms with E-state index in [1.165, 1.54) is 0 Å². The first-order chi connectivity index (χ1) is 9.85. The van der Waals surface area contributed by atoms with Gasteiger partial charge >= 0.3 is 16.3 Å². The molecule has 11 heteroatoms. The molecule has 1 rings (SSSR count). The average molecular weight is 323 g/mol. The molecule has 0 spiro atoms. The molecule has 0 saturated carbocycles. The Hall–Kier alpha value is -1.59. The molecule has 1 heterocycles. The highest BCUT2D eigenvalue weighted by Gasteiger charge is 2.31. The summed E-state index contributed by atoms with van der Waals surface area (Å²) in [6.07, 6.45) is -0.385. The number of amides is 1. The number of nitrogens with two attached hydrogens (primary N) is 1. The van der Waals surface area contributed by atoms with Crippen LogP contribution in [-0.2, 0) is 14.9 Å². The van der Waals surface area contributed by atoms with Crippen LogP contribution in [0.1, 0.15) is 13.3 Å². The van der Waals surface area contributed by atoms with Crippen LogP contribution in [0.25, 0.3) is 0 Å². The van der Waals surface area contributed by atoms with Gasteiger partial charge in [-0.1, -0.05) is 12.1 Å². The van der Waals surface area contributed by atoms with Crippen molar-refractivity contribution in [2.24, 2.45) is 10.9 Å². The summed E-state index contributed by atoms with van der Waals surface area (Å²) in [4.78, 5) is 12.9. The molecule has 1 aliphatic rings. The van der Waals surface area contributed by atoms with Crippen molar-refractivity contribution in [1.29, 1.82) is 0 Å². The fourth-order valence-corrected chi connectivity index (χ4v) is 3.26. The average Bonchev–Trinajstić information content (AvgIpc) is 2.47. The highest BCUT2D eigenvalue weighted by Crippen LogP contribution is 2.12. The predicted molar refractivity (Wildman–Crippen MR) is 75.1 cm³/mol. The minimum absolute atomic E-state index is 0.0986. The third kappa shape index (κ3) is 4.44. The molecule has 0 aromatic heterocycles. The first-order valence-electron chi connectivity index (χ1n) is 6.43. The molecule has 122 valence electrons. The monoisotopic (exact) mass is 323 g/mol. The van der Waals surface area contributed by atoms with Gasteiger partial charge in [0.05, 0.1) is 13.2 Å². The maximum atomic E-state index is 11.9. The Labute approximate surface area is 123 Å². The van der Waals surface area contributed by atoms with Gasteiger partial charge in [0.15, 0.2) is 5.84 Å². The van der Waals surface area contributed by atoms with E-state index < -0.39 is 16.3 Å². The lowest BCUT2D eigenvalue weighted by atomic mass is 10.1. The second-order valence-corrected chi connectivity index (χ2v) is 6.15. The third-order valence-electron chi connectivity index (χ3n) is 3.30. The van der Waals surface area contributed by atoms with E-state index in [-0.39, 0.29) is 25.0 Å². The molecule has 1 fully saturated rings. The van der Waals surface area contributed by atoms with Crippen LogP contribution in [0.3, 0.4) is 0 Å². The molecule has 1 saturated heterocycles. The standard InChI is InChI=1S/C10H21N5O5S/c1-3-8(9(11)12-17)14-4-6-15(7-5-14)21(18,19)13-10(16)20-2/h8,17H,3-7H2,1-2H3,(H2,11,12)(H,13,16). The SMILES string of the molecule is CCC(C(N)=NO)N1CCN(S(=O)(=O)NC(=O)OC)CC1. The number of nitrogens with zero attached hydrogens (tertiary/aromatic N) is 3. The number of ether oxygens (including phenoxy) is 1. The minimum Gasteiger partial charge on any atom is -0.452 e. The van der Waals surface area contributed by atoms with Crippen molar-refractivity contribution in [2.75, 3.05) is 33.3 Å². The highest BCUT2D eigenvalue weighted by molar-refractivity contribution is 7.87. The summed E-state index contributed by atoms with van der Waals surface area (Å²) >= 11 is 0. The van der Waals surface area contributed by atoms with E-state index in [2.05, 4.69) is 9.89 Å². The fraction of sp³-hybridized carbons (Fsp3) is 0.800. The van der Waals surface area contributed by atoms with Crippen molar-refractivity contribution in [3.05, 3.63) is 0 Å². The molecule has 1 amide bonds. The molecule has 21 heavy (non-hydrogen) atoms. The van der Waals surface area contributed by atoms with E-state index in [0.717, 1.165) is 11.4 Å². The zero-order chi connectivity index (χ0) is 16.0. The van der Waals surface area contributed by atoms with E-state index >= 15 is 0 Å². The quantitative estimate of drug-likeness (QED) is 0.248. The Morgan fingerprint density at radius 3 is 2.43 bits per heavy atom. The Morgan fingerprint density at radius 2 is 2.00 bits per heavy atom. The molecule has 4 N–H and O–H groups in total. The van der Waals surface area contributed by atoms with Gasteiger partial charge < -0.3 is 15.7 Å². The van der Waals surface area contributed by atoms with Gasteiger partial charge in [-0.3, -0.25) is 4.90 Å². The summed E-state index contributed by atoms with van der Waals surface area (Å²) in [5.74, 6) is 0.0986. The van der Waals surface area contributed by atoms with Crippen LogP contribution in [-0.4, -0.2) is 74.1 Å². The molecule has 0 bridgehead atoms. The van der Waals surface area contributed by atoms with Gasteiger partial charge in [-0.2, -0.15) is 12.7 Å². The van der Waals surface area contributed by atoms with Gasteiger partial charge in [0.25, 0.3) is 0 Å². The number of carbonyl (C=O) groups is 1. The van der Waals surface area contributed by atoms with E-state index in [9.17, 15) is 13.2 Å². The number of hydrogen-bond acceptors (Lipinski definition) is 7. The van der Waals surface area contributed by atoms with Crippen molar-refractivity contribution >= 4 is 22.1 Å². The van der Waals surface area contributed by atoms with Crippen molar-refractivity contribution < 1.29 is 23.2 Å². The van der Waals surface area contributed by atoms with Gasteiger partial charge in [0, 0.05) is 26.2 Å². The molecule has 1 atom stereocenters. The smallest absolute Gasteiger partial charge is 0.421 e. The minimum atomic E-state index is -3.91. The number of amidine groups is 1. The lowest BCUT2D eigenvalue weighted by Crippen LogP contribution is -2.57. The molecule has 1 aliphatic heterocycles. The number of piperazine rings is 1. The molecule has 0 radical (unpaired) electrons. The zero-order valence-electron chi connectivity index (χ0n) is 12.0. The number of methoxy groups -OCH3 is 1. The Kier molecular flexibility index (Phi) is 6.18. The topological polar surface area (TPSA) is 138 Å². The number of nitrogens with one attached hydrogen (secondary N) is 1. The van der Waals surface area contributed by atoms with Gasteiger partial charge in [0.1, 0.15) is 0 Å². The lowest BCUT2D eigenvalue weighted by Gasteiger charge is -2.37. The Bertz CT molecular complexity index is 486. The second-order valence-electron chi connectivity index (χ2n) is 4.48. The molecule has 1 unspecified atom stereocenters. The predicted octanol–water partition coefficient (Wildman–Crippen LogP) is -1.27. The van der Waals surface area contributed by atoms with Gasteiger partial charge in [0.2, 0.25) is 0 Å². The van der Waals surface area contributed by atoms with Gasteiger partial charge in [-0.15, -0.1) is 0 Å². The Morgan fingerprint density at radius 1 is 1.43 bits per heavy atom. The van der Waals surface area contributed by atoms with E-state index in [0.29, 0.717) is 19.5 Å². The number of carbonyl (C=O) groups excluding carboxylic acids is 1. The van der Waals surface area contributed by atoms with Crippen molar-refractivity contribution in [3.8, 4) is 0 Å². The first-order valence-corrected chi connectivity index (χ1v) is 7.87. The molecular weight excluding hydrogens is 302 g/mol. The summed E-state index contributed by atoms with van der Waals surface area (Å²) in [6, 6.07) is -0.242. The summed E-state index contributed by atoms with van der Waals surface area (Å²) in [6.45, 7) is 3.11. The molecule has 0 aromatic carbocycles. The summed E-state index contributed by atoms with van der Waals surface area (Å²) in [5.41, 5.74) is 5.62. The summed E-state index contributed by atoms with van der Waals surface area (Å²) < 4.78 is 31.0. The largest absolute Gasteiger partial charge is 0.452 e. The van der Waals surface area contributed by atoms with Crippen LogP contribution in [0.5, 0.6) is 0 Å². The zero-order valence-corrected chi connectivity index (χ0v) is 12.8. The Balaban J connectivity index is 2.65. The lowest BCUT2D eigenvalue weighted by molar-refractivity contribution is 0.157. The van der Waals surface area contributed by atoms with Crippen LogP contribution in [0, 0.1) is 0 Å². The van der Waals surface area contributed by atoms with E-state index in [4.69, 9.17) is 10.9 Å². The summed E-state index contributed by atoms with van der Waals surface area (Å²) in [7, 11) is -2.82. The normalized spacial score (nSPS) is 20.0. The fourth-order valence-electron chi connectivity index (χ4n) is 2.19. The first kappa shape index (κ1) is 17.5. The van der Waals surface area contributed by atoms with Gasteiger partial charge in [-0.25, -0.2) is 9.52 Å². The third-order valence-corrected chi connectivity index (χ3v) is 4.76. The number of rotatable bonds is 5. The van der Waals surface area contributed by atoms with E-state index in [1.807, 2.05) is 11.8 Å². The highest BCUT2D eigenvalue weighted by atomic mass is 32.2. The maximum absolute atomic E-state index is 11.9. The van der Waals surface area contributed by atoms with Crippen LogP contribution in [0.2, 0.25) is 0 Å². The molecule has 0 aromatic rings. The maximum Gasteiger partial charge on any atom is 0.421 e. The second kappa shape index (κ2) is 7.43. The van der Waals surface area contributed by atoms with Crippen LogP contribution >= 0.6 is 0 Å². The summed E-state index contributed by atoms with van der Waals surface area (Å²) in [5, 5.41) is 11.7. The van der Waals surface area contributed by atoms with Crippen LogP contribution < -0.4 is 10.5 Å². The van der Waals surface area contributed by atoms with Crippen molar-refractivity contribution in [1.82, 2.24) is 13.9 Å². The van der Waals surface area contributed by atoms with Crippen molar-refractivity contribution in [2.45, 2.75) is 19.4 Å². The van der Waals surface area contributed by atoms with Crippen LogP contribution in [0.4, 0.5) is 4.79 Å². The number of oxime groups is 1. The number of hydrogen-bond donors (Lipinski definition) is 3. The molecular formula is C10H21N5O5S.